The first-order chi connectivity index (χ1) is 8.95. The molecule has 0 atom stereocenters. The van der Waals surface area contributed by atoms with Gasteiger partial charge in [-0.05, 0) is 48.3 Å². The molecule has 2 aromatic heterocycles. The number of aromatic nitrogens is 2. The minimum Gasteiger partial charge on any atom is -0.493 e. The van der Waals surface area contributed by atoms with Crippen LogP contribution in [0.15, 0.2) is 16.0 Å². The lowest BCUT2D eigenvalue weighted by molar-refractivity contribution is 0.102. The van der Waals surface area contributed by atoms with E-state index in [1.807, 2.05) is 26.8 Å². The maximum Gasteiger partial charge on any atom is 0.224 e. The monoisotopic (exact) mass is 342 g/mol. The summed E-state index contributed by atoms with van der Waals surface area (Å²) in [5.74, 6) is 0.461. The molecule has 0 aromatic carbocycles. The van der Waals surface area contributed by atoms with Crippen LogP contribution in [-0.2, 0) is 0 Å². The van der Waals surface area contributed by atoms with Crippen molar-refractivity contribution in [2.45, 2.75) is 26.8 Å². The van der Waals surface area contributed by atoms with Gasteiger partial charge in [0.1, 0.15) is 0 Å². The van der Waals surface area contributed by atoms with Gasteiger partial charge in [0, 0.05) is 6.04 Å². The van der Waals surface area contributed by atoms with E-state index in [1.54, 1.807) is 18.0 Å². The molecule has 6 heteroatoms. The lowest BCUT2D eigenvalue weighted by Crippen LogP contribution is -2.13. The Kier molecular flexibility index (Phi) is 4.10. The fourth-order valence-electron chi connectivity index (χ4n) is 1.79. The Bertz CT molecular complexity index is 597. The predicted molar refractivity (Wildman–Crippen MR) is 79.4 cm³/mol. The zero-order chi connectivity index (χ0) is 14.2. The van der Waals surface area contributed by atoms with Gasteiger partial charge in [0.15, 0.2) is 11.4 Å². The molecule has 19 heavy (non-hydrogen) atoms. The number of thiophene rings is 1. The molecule has 0 aliphatic carbocycles. The molecule has 0 saturated carbocycles. The number of hydrogen-bond donors (Lipinski definition) is 0. The number of carbonyl (C=O) groups excluding carboxylic acids is 1. The lowest BCUT2D eigenvalue weighted by Gasteiger charge is -2.10. The Labute approximate surface area is 124 Å². The van der Waals surface area contributed by atoms with Gasteiger partial charge >= 0.3 is 0 Å². The van der Waals surface area contributed by atoms with Gasteiger partial charge in [0.2, 0.25) is 5.78 Å². The summed E-state index contributed by atoms with van der Waals surface area (Å²) >= 11 is 4.87. The van der Waals surface area contributed by atoms with Gasteiger partial charge in [-0.25, -0.2) is 0 Å². The maximum atomic E-state index is 12.6. The van der Waals surface area contributed by atoms with E-state index in [0.29, 0.717) is 16.3 Å². The molecule has 2 rings (SSSR count). The fourth-order valence-corrected chi connectivity index (χ4v) is 3.27. The molecule has 0 aliphatic rings. The van der Waals surface area contributed by atoms with Crippen LogP contribution in [0.3, 0.4) is 0 Å². The highest BCUT2D eigenvalue weighted by molar-refractivity contribution is 9.11. The molecule has 0 spiro atoms. The standard InChI is InChI=1S/C13H15BrN2O2S/c1-7(2)16-11(9(18-4)6-15-16)12(17)10-5-8(3)13(14)19-10/h5-7H,1-4H3. The van der Waals surface area contributed by atoms with E-state index in [-0.39, 0.29) is 11.8 Å². The molecule has 0 saturated heterocycles. The van der Waals surface area contributed by atoms with Crippen molar-refractivity contribution in [2.75, 3.05) is 7.11 Å². The quantitative estimate of drug-likeness (QED) is 0.793. The first kappa shape index (κ1) is 14.3. The van der Waals surface area contributed by atoms with E-state index >= 15 is 0 Å². The van der Waals surface area contributed by atoms with Gasteiger partial charge < -0.3 is 4.74 Å². The van der Waals surface area contributed by atoms with Crippen molar-refractivity contribution in [3.05, 3.63) is 32.2 Å². The van der Waals surface area contributed by atoms with E-state index < -0.39 is 0 Å². The minimum atomic E-state index is -0.0538. The minimum absolute atomic E-state index is 0.0538. The molecule has 0 N–H and O–H groups in total. The smallest absolute Gasteiger partial charge is 0.224 e. The summed E-state index contributed by atoms with van der Waals surface area (Å²) in [6.45, 7) is 5.94. The molecule has 102 valence electrons. The third-order valence-electron chi connectivity index (χ3n) is 2.77. The highest BCUT2D eigenvalue weighted by atomic mass is 79.9. The third-order valence-corrected chi connectivity index (χ3v) is 4.90. The largest absolute Gasteiger partial charge is 0.493 e. The second-order valence-electron chi connectivity index (χ2n) is 4.50. The van der Waals surface area contributed by atoms with Crippen molar-refractivity contribution >= 4 is 33.0 Å². The number of hydrogen-bond acceptors (Lipinski definition) is 4. The van der Waals surface area contributed by atoms with Crippen molar-refractivity contribution in [1.82, 2.24) is 9.78 Å². The van der Waals surface area contributed by atoms with Gasteiger partial charge in [-0.1, -0.05) is 0 Å². The van der Waals surface area contributed by atoms with Crippen molar-refractivity contribution in [1.29, 1.82) is 0 Å². The van der Waals surface area contributed by atoms with Crippen LogP contribution in [-0.4, -0.2) is 22.7 Å². The Hall–Kier alpha value is -1.14. The highest BCUT2D eigenvalue weighted by Gasteiger charge is 2.24. The topological polar surface area (TPSA) is 44.1 Å². The molecule has 2 aromatic rings. The Balaban J connectivity index is 2.51. The zero-order valence-electron chi connectivity index (χ0n) is 11.2. The first-order valence-corrected chi connectivity index (χ1v) is 7.48. The molecule has 0 radical (unpaired) electrons. The normalized spacial score (nSPS) is 11.1. The van der Waals surface area contributed by atoms with Crippen LogP contribution in [0, 0.1) is 6.92 Å². The molecular formula is C13H15BrN2O2S. The van der Waals surface area contributed by atoms with Gasteiger partial charge in [0.25, 0.3) is 0 Å². The lowest BCUT2D eigenvalue weighted by atomic mass is 10.2. The van der Waals surface area contributed by atoms with Gasteiger partial charge in [-0.15, -0.1) is 11.3 Å². The SMILES string of the molecule is COc1cnn(C(C)C)c1C(=O)c1cc(C)c(Br)s1. The van der Waals surface area contributed by atoms with Crippen LogP contribution >= 0.6 is 27.3 Å². The van der Waals surface area contributed by atoms with Crippen LogP contribution in [0.2, 0.25) is 0 Å². The predicted octanol–water partition coefficient (Wildman–Crippen LogP) is 3.84. The molecule has 0 aliphatic heterocycles. The van der Waals surface area contributed by atoms with Crippen LogP contribution in [0.5, 0.6) is 5.75 Å². The molecule has 4 nitrogen and oxygen atoms in total. The number of methoxy groups -OCH3 is 1. The molecule has 0 fully saturated rings. The molecule has 0 unspecified atom stereocenters. The summed E-state index contributed by atoms with van der Waals surface area (Å²) < 4.78 is 7.92. The van der Waals surface area contributed by atoms with Crippen molar-refractivity contribution in [2.24, 2.45) is 0 Å². The second kappa shape index (κ2) is 5.46. The summed E-state index contributed by atoms with van der Waals surface area (Å²) in [6, 6.07) is 1.99. The number of nitrogens with zero attached hydrogens (tertiary/aromatic N) is 2. The molecule has 0 amide bonds. The molecular weight excluding hydrogens is 328 g/mol. The number of halogens is 1. The van der Waals surface area contributed by atoms with Crippen molar-refractivity contribution in [3.63, 3.8) is 0 Å². The summed E-state index contributed by atoms with van der Waals surface area (Å²) in [6.07, 6.45) is 1.59. The Morgan fingerprint density at radius 1 is 1.53 bits per heavy atom. The summed E-state index contributed by atoms with van der Waals surface area (Å²) in [7, 11) is 1.55. The summed E-state index contributed by atoms with van der Waals surface area (Å²) in [5, 5.41) is 4.23. The Morgan fingerprint density at radius 3 is 2.68 bits per heavy atom. The van der Waals surface area contributed by atoms with Crippen molar-refractivity contribution < 1.29 is 9.53 Å². The van der Waals surface area contributed by atoms with Crippen LogP contribution in [0.25, 0.3) is 0 Å². The van der Waals surface area contributed by atoms with E-state index in [9.17, 15) is 4.79 Å². The Morgan fingerprint density at radius 2 is 2.21 bits per heavy atom. The van der Waals surface area contributed by atoms with Crippen LogP contribution < -0.4 is 4.74 Å². The summed E-state index contributed by atoms with van der Waals surface area (Å²) in [5.41, 5.74) is 1.56. The van der Waals surface area contributed by atoms with Gasteiger partial charge in [-0.3, -0.25) is 9.48 Å². The number of ether oxygens (including phenoxy) is 1. The maximum absolute atomic E-state index is 12.6. The van der Waals surface area contributed by atoms with Gasteiger partial charge in [-0.2, -0.15) is 5.10 Å². The zero-order valence-corrected chi connectivity index (χ0v) is 13.6. The van der Waals surface area contributed by atoms with E-state index in [0.717, 1.165) is 9.35 Å². The van der Waals surface area contributed by atoms with E-state index in [4.69, 9.17) is 4.74 Å². The molecule has 0 bridgehead atoms. The third kappa shape index (κ3) is 2.60. The summed E-state index contributed by atoms with van der Waals surface area (Å²) in [4.78, 5) is 13.3. The first-order valence-electron chi connectivity index (χ1n) is 5.87. The fraction of sp³-hybridized carbons (Fsp3) is 0.385. The molecule has 2 heterocycles. The van der Waals surface area contributed by atoms with E-state index in [1.165, 1.54) is 11.3 Å². The van der Waals surface area contributed by atoms with Crippen LogP contribution in [0.1, 0.15) is 40.8 Å². The number of ketones is 1. The van der Waals surface area contributed by atoms with Gasteiger partial charge in [0.05, 0.1) is 22.0 Å². The van der Waals surface area contributed by atoms with E-state index in [2.05, 4.69) is 21.0 Å². The highest BCUT2D eigenvalue weighted by Crippen LogP contribution is 2.31. The average molecular weight is 343 g/mol. The van der Waals surface area contributed by atoms with Crippen LogP contribution in [0.4, 0.5) is 0 Å². The van der Waals surface area contributed by atoms with Crippen molar-refractivity contribution in [3.8, 4) is 5.75 Å². The number of rotatable bonds is 4. The number of aryl methyl sites for hydroxylation is 1. The average Bonchev–Trinajstić information content (AvgIpc) is 2.93. The second-order valence-corrected chi connectivity index (χ2v) is 6.87. The number of carbonyl (C=O) groups is 1.